The van der Waals surface area contributed by atoms with Crippen molar-refractivity contribution in [1.29, 1.82) is 0 Å². The van der Waals surface area contributed by atoms with Crippen molar-refractivity contribution in [3.05, 3.63) is 53.3 Å². The third-order valence-electron chi connectivity index (χ3n) is 2.61. The third-order valence-corrected chi connectivity index (χ3v) is 2.61. The van der Waals surface area contributed by atoms with Gasteiger partial charge in [0.1, 0.15) is 6.61 Å². The number of hydrogen-bond donors (Lipinski definition) is 1. The fraction of sp³-hybridized carbons (Fsp3) is 0.214. The molecule has 6 heteroatoms. The first kappa shape index (κ1) is 14.2. The van der Waals surface area contributed by atoms with Gasteiger partial charge in [-0.2, -0.15) is 18.3 Å². The molecule has 1 aromatic carbocycles. The second-order valence-electron chi connectivity index (χ2n) is 4.04. The normalized spacial score (nSPS) is 11.0. The molecular weight excluding hydrogens is 269 g/mol. The Balaban J connectivity index is 2.24. The van der Waals surface area contributed by atoms with Crippen molar-refractivity contribution in [2.45, 2.75) is 12.7 Å². The molecule has 1 heterocycles. The van der Waals surface area contributed by atoms with Gasteiger partial charge in [-0.1, -0.05) is 30.0 Å². The van der Waals surface area contributed by atoms with Gasteiger partial charge in [-0.25, -0.2) is 0 Å². The monoisotopic (exact) mass is 280 g/mol. The van der Waals surface area contributed by atoms with Crippen LogP contribution in [0.2, 0.25) is 0 Å². The highest BCUT2D eigenvalue weighted by molar-refractivity contribution is 5.41. The molecule has 3 nitrogen and oxygen atoms in total. The molecule has 0 spiro atoms. The van der Waals surface area contributed by atoms with Gasteiger partial charge >= 0.3 is 6.18 Å². The van der Waals surface area contributed by atoms with Crippen LogP contribution in [0.15, 0.2) is 36.7 Å². The lowest BCUT2D eigenvalue weighted by atomic mass is 10.1. The predicted octanol–water partition coefficient (Wildman–Crippen LogP) is 2.29. The lowest BCUT2D eigenvalue weighted by molar-refractivity contribution is -0.137. The molecule has 2 aromatic rings. The Labute approximate surface area is 113 Å². The van der Waals surface area contributed by atoms with Gasteiger partial charge < -0.3 is 5.11 Å². The second-order valence-corrected chi connectivity index (χ2v) is 4.04. The van der Waals surface area contributed by atoms with Gasteiger partial charge in [0.2, 0.25) is 0 Å². The van der Waals surface area contributed by atoms with Crippen molar-refractivity contribution in [3.63, 3.8) is 0 Å². The number of aliphatic hydroxyl groups excluding tert-OH is 1. The number of nitrogens with zero attached hydrogens (tertiary/aromatic N) is 2. The lowest BCUT2D eigenvalue weighted by Crippen LogP contribution is -2.04. The summed E-state index contributed by atoms with van der Waals surface area (Å²) in [4.78, 5) is 0. The van der Waals surface area contributed by atoms with E-state index >= 15 is 0 Å². The molecule has 0 radical (unpaired) electrons. The maximum atomic E-state index is 12.5. The number of hydrogen-bond acceptors (Lipinski definition) is 2. The zero-order chi connectivity index (χ0) is 14.6. The van der Waals surface area contributed by atoms with E-state index in [1.807, 2.05) is 0 Å². The number of rotatable bonds is 2. The van der Waals surface area contributed by atoms with Crippen LogP contribution in [-0.4, -0.2) is 21.5 Å². The number of benzene rings is 1. The SMILES string of the molecule is OCC#Cc1ccccc1Cn1cc(C(F)(F)F)cn1. The summed E-state index contributed by atoms with van der Waals surface area (Å²) in [6, 6.07) is 7.05. The van der Waals surface area contributed by atoms with Gasteiger partial charge in [0.15, 0.2) is 0 Å². The zero-order valence-electron chi connectivity index (χ0n) is 10.4. The van der Waals surface area contributed by atoms with Gasteiger partial charge in [-0.05, 0) is 11.6 Å². The predicted molar refractivity (Wildman–Crippen MR) is 66.7 cm³/mol. The number of halogens is 3. The molecule has 0 saturated carbocycles. The molecule has 0 saturated heterocycles. The van der Waals surface area contributed by atoms with Crippen LogP contribution in [0, 0.1) is 11.8 Å². The highest BCUT2D eigenvalue weighted by Gasteiger charge is 2.32. The van der Waals surface area contributed by atoms with Gasteiger partial charge in [0, 0.05) is 11.8 Å². The average Bonchev–Trinajstić information content (AvgIpc) is 2.86. The summed E-state index contributed by atoms with van der Waals surface area (Å²) in [5.41, 5.74) is 0.618. The Kier molecular flexibility index (Phi) is 4.11. The first-order valence-electron chi connectivity index (χ1n) is 5.78. The van der Waals surface area contributed by atoms with E-state index < -0.39 is 11.7 Å². The van der Waals surface area contributed by atoms with Crippen molar-refractivity contribution < 1.29 is 18.3 Å². The summed E-state index contributed by atoms with van der Waals surface area (Å²) in [5, 5.41) is 12.4. The van der Waals surface area contributed by atoms with E-state index in [0.29, 0.717) is 5.56 Å². The lowest BCUT2D eigenvalue weighted by Gasteiger charge is -2.05. The molecule has 0 aliphatic carbocycles. The van der Waals surface area contributed by atoms with Crippen LogP contribution >= 0.6 is 0 Å². The topological polar surface area (TPSA) is 38.0 Å². The minimum atomic E-state index is -4.39. The maximum absolute atomic E-state index is 12.5. The minimum absolute atomic E-state index is 0.187. The van der Waals surface area contributed by atoms with Crippen molar-refractivity contribution >= 4 is 0 Å². The van der Waals surface area contributed by atoms with E-state index in [1.54, 1.807) is 24.3 Å². The van der Waals surface area contributed by atoms with E-state index in [0.717, 1.165) is 18.0 Å². The maximum Gasteiger partial charge on any atom is 0.419 e. The largest absolute Gasteiger partial charge is 0.419 e. The first-order chi connectivity index (χ1) is 9.50. The van der Waals surface area contributed by atoms with Crippen LogP contribution in [0.5, 0.6) is 0 Å². The molecule has 0 atom stereocenters. The molecule has 20 heavy (non-hydrogen) atoms. The molecular formula is C14H11F3N2O. The molecule has 0 unspecified atom stereocenters. The van der Waals surface area contributed by atoms with Crippen molar-refractivity contribution in [2.75, 3.05) is 6.61 Å². The average molecular weight is 280 g/mol. The first-order valence-corrected chi connectivity index (χ1v) is 5.78. The molecule has 0 amide bonds. The van der Waals surface area contributed by atoms with Crippen LogP contribution in [0.25, 0.3) is 0 Å². The summed E-state index contributed by atoms with van der Waals surface area (Å²) in [7, 11) is 0. The summed E-state index contributed by atoms with van der Waals surface area (Å²) >= 11 is 0. The molecule has 0 aliphatic rings. The highest BCUT2D eigenvalue weighted by atomic mass is 19.4. The number of alkyl halides is 3. The van der Waals surface area contributed by atoms with Crippen LogP contribution in [0.4, 0.5) is 13.2 Å². The van der Waals surface area contributed by atoms with Gasteiger partial charge in [-0.3, -0.25) is 4.68 Å². The molecule has 2 rings (SSSR count). The van der Waals surface area contributed by atoms with Crippen LogP contribution in [0.1, 0.15) is 16.7 Å². The molecule has 0 aliphatic heterocycles. The Morgan fingerprint density at radius 3 is 2.65 bits per heavy atom. The van der Waals surface area contributed by atoms with E-state index in [2.05, 4.69) is 16.9 Å². The summed E-state index contributed by atoms with van der Waals surface area (Å²) < 4.78 is 38.7. The Morgan fingerprint density at radius 1 is 1.25 bits per heavy atom. The van der Waals surface area contributed by atoms with Crippen LogP contribution in [-0.2, 0) is 12.7 Å². The zero-order valence-corrected chi connectivity index (χ0v) is 10.4. The van der Waals surface area contributed by atoms with E-state index in [4.69, 9.17) is 5.11 Å². The van der Waals surface area contributed by atoms with Crippen LogP contribution in [0.3, 0.4) is 0 Å². The van der Waals surface area contributed by atoms with Crippen LogP contribution < -0.4 is 0 Å². The molecule has 104 valence electrons. The Hall–Kier alpha value is -2.26. The third kappa shape index (κ3) is 3.39. The van der Waals surface area contributed by atoms with E-state index in [-0.39, 0.29) is 13.2 Å². The highest BCUT2D eigenvalue weighted by Crippen LogP contribution is 2.28. The fourth-order valence-corrected chi connectivity index (χ4v) is 1.69. The molecule has 1 aromatic heterocycles. The quantitative estimate of drug-likeness (QED) is 0.857. The molecule has 1 N–H and O–H groups in total. The molecule has 0 bridgehead atoms. The van der Waals surface area contributed by atoms with Crippen molar-refractivity contribution in [3.8, 4) is 11.8 Å². The van der Waals surface area contributed by atoms with Gasteiger partial charge in [-0.15, -0.1) is 0 Å². The van der Waals surface area contributed by atoms with E-state index in [9.17, 15) is 13.2 Å². The smallest absolute Gasteiger partial charge is 0.384 e. The molecule has 0 fully saturated rings. The summed E-state index contributed by atoms with van der Waals surface area (Å²) in [6.07, 6.45) is -2.65. The minimum Gasteiger partial charge on any atom is -0.384 e. The second kappa shape index (κ2) is 5.80. The summed E-state index contributed by atoms with van der Waals surface area (Å²) in [5.74, 6) is 5.27. The Morgan fingerprint density at radius 2 is 2.00 bits per heavy atom. The summed E-state index contributed by atoms with van der Waals surface area (Å²) in [6.45, 7) is -0.0827. The standard InChI is InChI=1S/C14H11F3N2O/c15-14(16,17)13-8-18-19(10-13)9-12-5-2-1-4-11(12)6-3-7-20/h1-2,4-5,8,10,20H,7,9H2. The van der Waals surface area contributed by atoms with Gasteiger partial charge in [0.05, 0.1) is 18.3 Å². The van der Waals surface area contributed by atoms with Crippen molar-refractivity contribution in [2.24, 2.45) is 0 Å². The number of aromatic nitrogens is 2. The fourth-order valence-electron chi connectivity index (χ4n) is 1.69. The van der Waals surface area contributed by atoms with Crippen molar-refractivity contribution in [1.82, 2.24) is 9.78 Å². The Bertz CT molecular complexity index is 650. The number of aliphatic hydroxyl groups is 1. The van der Waals surface area contributed by atoms with E-state index in [1.165, 1.54) is 4.68 Å². The van der Waals surface area contributed by atoms with Gasteiger partial charge in [0.25, 0.3) is 0 Å².